The predicted octanol–water partition coefficient (Wildman–Crippen LogP) is 1.66. The highest BCUT2D eigenvalue weighted by atomic mass is 15.1. The van der Waals surface area contributed by atoms with Crippen molar-refractivity contribution in [1.82, 2.24) is 15.5 Å². The Bertz CT molecular complexity index is 451. The van der Waals surface area contributed by atoms with Crippen LogP contribution in [-0.4, -0.2) is 17.2 Å². The van der Waals surface area contributed by atoms with Crippen molar-refractivity contribution in [2.75, 3.05) is 7.05 Å². The number of nitrogens with zero attached hydrogens (tertiary/aromatic N) is 2. The van der Waals surface area contributed by atoms with Crippen LogP contribution in [0.4, 0.5) is 0 Å². The molecule has 0 atom stereocenters. The summed E-state index contributed by atoms with van der Waals surface area (Å²) < 4.78 is 0. The molecule has 0 fully saturated rings. The van der Waals surface area contributed by atoms with Gasteiger partial charge in [0.1, 0.15) is 0 Å². The van der Waals surface area contributed by atoms with Crippen molar-refractivity contribution in [3.8, 4) is 0 Å². The molecule has 14 heavy (non-hydrogen) atoms. The molecule has 0 saturated heterocycles. The second kappa shape index (κ2) is 3.72. The second-order valence-corrected chi connectivity index (χ2v) is 3.31. The smallest absolute Gasteiger partial charge is 0.0933 e. The summed E-state index contributed by atoms with van der Waals surface area (Å²) in [4.78, 5) is 0. The van der Waals surface area contributed by atoms with Crippen LogP contribution in [0.3, 0.4) is 0 Å². The Morgan fingerprint density at radius 2 is 2.00 bits per heavy atom. The highest BCUT2D eigenvalue weighted by molar-refractivity contribution is 5.81. The van der Waals surface area contributed by atoms with Crippen LogP contribution in [0.5, 0.6) is 0 Å². The molecular formula is C11H13N3. The van der Waals surface area contributed by atoms with E-state index in [1.54, 1.807) is 0 Å². The number of hydrogen-bond donors (Lipinski definition) is 1. The summed E-state index contributed by atoms with van der Waals surface area (Å²) in [6, 6.07) is 8.09. The van der Waals surface area contributed by atoms with Crippen molar-refractivity contribution in [3.05, 3.63) is 35.5 Å². The Morgan fingerprint density at radius 3 is 2.79 bits per heavy atom. The molecule has 3 nitrogen and oxygen atoms in total. The SMILES string of the molecule is CNCc1c(C)nnc2ccccc12. The maximum Gasteiger partial charge on any atom is 0.0933 e. The number of benzene rings is 1. The molecule has 2 rings (SSSR count). The van der Waals surface area contributed by atoms with Crippen LogP contribution < -0.4 is 5.32 Å². The van der Waals surface area contributed by atoms with E-state index in [0.29, 0.717) is 0 Å². The first-order chi connectivity index (χ1) is 6.83. The Labute approximate surface area is 83.2 Å². The first-order valence-electron chi connectivity index (χ1n) is 4.68. The van der Waals surface area contributed by atoms with E-state index in [2.05, 4.69) is 21.6 Å². The summed E-state index contributed by atoms with van der Waals surface area (Å²) in [5.74, 6) is 0. The van der Waals surface area contributed by atoms with Crippen LogP contribution in [0.1, 0.15) is 11.3 Å². The van der Waals surface area contributed by atoms with E-state index in [-0.39, 0.29) is 0 Å². The average molecular weight is 187 g/mol. The first-order valence-corrected chi connectivity index (χ1v) is 4.68. The predicted molar refractivity (Wildman–Crippen MR) is 57.0 cm³/mol. The normalized spacial score (nSPS) is 10.7. The molecule has 0 bridgehead atoms. The van der Waals surface area contributed by atoms with Crippen molar-refractivity contribution in [1.29, 1.82) is 0 Å². The number of hydrogen-bond acceptors (Lipinski definition) is 3. The van der Waals surface area contributed by atoms with Gasteiger partial charge in [-0.2, -0.15) is 10.2 Å². The molecule has 0 radical (unpaired) electrons. The highest BCUT2D eigenvalue weighted by Gasteiger charge is 2.05. The average Bonchev–Trinajstić information content (AvgIpc) is 2.23. The number of aromatic nitrogens is 2. The van der Waals surface area contributed by atoms with Crippen molar-refractivity contribution in [2.45, 2.75) is 13.5 Å². The Morgan fingerprint density at radius 1 is 1.21 bits per heavy atom. The lowest BCUT2D eigenvalue weighted by Crippen LogP contribution is -2.09. The zero-order chi connectivity index (χ0) is 9.97. The van der Waals surface area contributed by atoms with Crippen LogP contribution in [0.15, 0.2) is 24.3 Å². The van der Waals surface area contributed by atoms with Gasteiger partial charge in [-0.15, -0.1) is 0 Å². The lowest BCUT2D eigenvalue weighted by molar-refractivity contribution is 0.803. The van der Waals surface area contributed by atoms with Gasteiger partial charge in [0.15, 0.2) is 0 Å². The van der Waals surface area contributed by atoms with E-state index in [0.717, 1.165) is 17.8 Å². The van der Waals surface area contributed by atoms with Gasteiger partial charge in [0, 0.05) is 11.9 Å². The maximum absolute atomic E-state index is 4.15. The minimum atomic E-state index is 0.835. The van der Waals surface area contributed by atoms with E-state index >= 15 is 0 Å². The lowest BCUT2D eigenvalue weighted by Gasteiger charge is -2.07. The van der Waals surface area contributed by atoms with E-state index in [1.807, 2.05) is 32.2 Å². The van der Waals surface area contributed by atoms with Gasteiger partial charge in [0.05, 0.1) is 11.2 Å². The molecule has 1 N–H and O–H groups in total. The quantitative estimate of drug-likeness (QED) is 0.777. The number of rotatable bonds is 2. The van der Waals surface area contributed by atoms with Gasteiger partial charge in [-0.05, 0) is 25.6 Å². The van der Waals surface area contributed by atoms with Gasteiger partial charge in [-0.1, -0.05) is 18.2 Å². The molecule has 1 aromatic heterocycles. The third-order valence-electron chi connectivity index (χ3n) is 2.33. The van der Waals surface area contributed by atoms with Crippen molar-refractivity contribution in [3.63, 3.8) is 0 Å². The molecule has 0 unspecified atom stereocenters. The monoisotopic (exact) mass is 187 g/mol. The van der Waals surface area contributed by atoms with E-state index in [9.17, 15) is 0 Å². The fourth-order valence-corrected chi connectivity index (χ4v) is 1.60. The molecule has 0 aliphatic heterocycles. The Hall–Kier alpha value is -1.48. The Balaban J connectivity index is 2.69. The third-order valence-corrected chi connectivity index (χ3v) is 2.33. The summed E-state index contributed by atoms with van der Waals surface area (Å²) in [6.45, 7) is 2.83. The van der Waals surface area contributed by atoms with Crippen LogP contribution in [0.2, 0.25) is 0 Å². The number of nitrogens with one attached hydrogen (secondary N) is 1. The zero-order valence-electron chi connectivity index (χ0n) is 8.41. The van der Waals surface area contributed by atoms with Crippen molar-refractivity contribution in [2.24, 2.45) is 0 Å². The van der Waals surface area contributed by atoms with Gasteiger partial charge in [0.2, 0.25) is 0 Å². The van der Waals surface area contributed by atoms with Gasteiger partial charge >= 0.3 is 0 Å². The third kappa shape index (κ3) is 1.46. The van der Waals surface area contributed by atoms with Crippen molar-refractivity contribution >= 4 is 10.9 Å². The fraction of sp³-hybridized carbons (Fsp3) is 0.273. The van der Waals surface area contributed by atoms with Crippen LogP contribution >= 0.6 is 0 Å². The maximum atomic E-state index is 4.15. The van der Waals surface area contributed by atoms with Gasteiger partial charge in [-0.3, -0.25) is 0 Å². The summed E-state index contributed by atoms with van der Waals surface area (Å²) in [7, 11) is 1.94. The number of fused-ring (bicyclic) bond motifs is 1. The zero-order valence-corrected chi connectivity index (χ0v) is 8.41. The molecule has 0 amide bonds. The fourth-order valence-electron chi connectivity index (χ4n) is 1.60. The molecular weight excluding hydrogens is 174 g/mol. The molecule has 72 valence electrons. The van der Waals surface area contributed by atoms with Gasteiger partial charge in [-0.25, -0.2) is 0 Å². The molecule has 0 aliphatic carbocycles. The van der Waals surface area contributed by atoms with E-state index in [4.69, 9.17) is 0 Å². The second-order valence-electron chi connectivity index (χ2n) is 3.31. The van der Waals surface area contributed by atoms with Crippen LogP contribution in [0.25, 0.3) is 10.9 Å². The minimum Gasteiger partial charge on any atom is -0.316 e. The molecule has 1 heterocycles. The largest absolute Gasteiger partial charge is 0.316 e. The molecule has 0 spiro atoms. The first kappa shape index (κ1) is 9.09. The topological polar surface area (TPSA) is 37.8 Å². The van der Waals surface area contributed by atoms with Gasteiger partial charge < -0.3 is 5.32 Å². The van der Waals surface area contributed by atoms with Crippen molar-refractivity contribution < 1.29 is 0 Å². The number of aryl methyl sites for hydroxylation is 1. The molecule has 3 heteroatoms. The highest BCUT2D eigenvalue weighted by Crippen LogP contribution is 2.17. The summed E-state index contributed by atoms with van der Waals surface area (Å²) in [6.07, 6.45) is 0. The molecule has 2 aromatic rings. The summed E-state index contributed by atoms with van der Waals surface area (Å²) in [5.41, 5.74) is 3.19. The van der Waals surface area contributed by atoms with Crippen LogP contribution in [0, 0.1) is 6.92 Å². The van der Waals surface area contributed by atoms with Gasteiger partial charge in [0.25, 0.3) is 0 Å². The van der Waals surface area contributed by atoms with Crippen LogP contribution in [-0.2, 0) is 6.54 Å². The molecule has 0 saturated carbocycles. The Kier molecular flexibility index (Phi) is 2.41. The summed E-state index contributed by atoms with van der Waals surface area (Å²) >= 11 is 0. The van der Waals surface area contributed by atoms with E-state index in [1.165, 1.54) is 10.9 Å². The lowest BCUT2D eigenvalue weighted by atomic mass is 10.1. The standard InChI is InChI=1S/C11H13N3/c1-8-10(7-12-2)9-5-3-4-6-11(9)14-13-8/h3-6,12H,7H2,1-2H3. The summed E-state index contributed by atoms with van der Waals surface area (Å²) in [5, 5.41) is 12.6. The molecule has 1 aromatic carbocycles. The minimum absolute atomic E-state index is 0.835. The van der Waals surface area contributed by atoms with E-state index < -0.39 is 0 Å². The molecule has 0 aliphatic rings.